The molecule has 0 aromatic carbocycles. The van der Waals surface area contributed by atoms with E-state index in [9.17, 15) is 14.4 Å². The van der Waals surface area contributed by atoms with Crippen molar-refractivity contribution in [2.24, 2.45) is 5.92 Å². The van der Waals surface area contributed by atoms with Gasteiger partial charge in [-0.05, 0) is 25.2 Å². The molecule has 0 fully saturated rings. The summed E-state index contributed by atoms with van der Waals surface area (Å²) in [6, 6.07) is 0. The Balaban J connectivity index is 4.27. The van der Waals surface area contributed by atoms with E-state index in [1.165, 1.54) is 302 Å². The van der Waals surface area contributed by atoms with Crippen molar-refractivity contribution in [2.75, 3.05) is 13.2 Å². The molecule has 452 valence electrons. The first-order valence-corrected chi connectivity index (χ1v) is 34.9. The monoisotopic (exact) mass is 1070 g/mol. The summed E-state index contributed by atoms with van der Waals surface area (Å²) in [6.45, 7) is 9.12. The first-order chi connectivity index (χ1) is 37.4. The molecule has 0 radical (unpaired) electrons. The van der Waals surface area contributed by atoms with Crippen molar-refractivity contribution >= 4 is 17.9 Å². The molecular formula is C70H136O6. The Kier molecular flexibility index (Phi) is 62.9. The van der Waals surface area contributed by atoms with E-state index >= 15 is 0 Å². The molecule has 0 heterocycles. The van der Waals surface area contributed by atoms with E-state index in [0.29, 0.717) is 19.3 Å². The number of carbonyl (C=O) groups is 3. The molecule has 76 heavy (non-hydrogen) atoms. The lowest BCUT2D eigenvalue weighted by Crippen LogP contribution is -2.30. The van der Waals surface area contributed by atoms with Gasteiger partial charge in [0.25, 0.3) is 0 Å². The molecule has 0 spiro atoms. The number of carbonyl (C=O) groups excluding carboxylic acids is 3. The standard InChI is InChI=1S/C70H136O6/c1-5-7-9-11-13-15-17-19-21-23-25-31-35-39-43-47-51-55-59-63-70(73)76-67(64-74-68(71)61-57-53-49-45-41-37-33-29-24-22-20-18-16-14-12-10-8-6-2)65-75-69(72)62-58-54-50-46-42-38-34-30-27-26-28-32-36-40-44-48-52-56-60-66(3)4/h66-67H,5-65H2,1-4H3/t67-/m0/s1. The van der Waals surface area contributed by atoms with Crippen molar-refractivity contribution in [3.63, 3.8) is 0 Å². The molecule has 0 saturated carbocycles. The third-order valence-electron chi connectivity index (χ3n) is 16.3. The van der Waals surface area contributed by atoms with Crippen LogP contribution in [0, 0.1) is 5.92 Å². The lowest BCUT2D eigenvalue weighted by molar-refractivity contribution is -0.167. The second-order valence-electron chi connectivity index (χ2n) is 24.6. The van der Waals surface area contributed by atoms with Gasteiger partial charge in [0.2, 0.25) is 0 Å². The molecule has 6 nitrogen and oxygen atoms in total. The largest absolute Gasteiger partial charge is 0.462 e. The molecule has 0 unspecified atom stereocenters. The van der Waals surface area contributed by atoms with Crippen molar-refractivity contribution in [3.8, 4) is 0 Å². The molecule has 0 aliphatic rings. The maximum absolute atomic E-state index is 12.9. The van der Waals surface area contributed by atoms with Gasteiger partial charge in [-0.25, -0.2) is 0 Å². The summed E-state index contributed by atoms with van der Waals surface area (Å²) in [5.74, 6) is 0.0386. The molecule has 0 bridgehead atoms. The predicted molar refractivity (Wildman–Crippen MR) is 330 cm³/mol. The SMILES string of the molecule is CCCCCCCCCCCCCCCCCCCCCC(=O)O[C@@H](COC(=O)CCCCCCCCCCCCCCCCCCCC)COC(=O)CCCCCCCCCCCCCCCCCCCCC(C)C. The van der Waals surface area contributed by atoms with E-state index in [1.807, 2.05) is 0 Å². The van der Waals surface area contributed by atoms with E-state index in [-0.39, 0.29) is 31.1 Å². The van der Waals surface area contributed by atoms with Crippen LogP contribution < -0.4 is 0 Å². The average molecular weight is 1070 g/mol. The van der Waals surface area contributed by atoms with Crippen LogP contribution in [0.25, 0.3) is 0 Å². The first kappa shape index (κ1) is 74.4. The molecule has 0 N–H and O–H groups in total. The van der Waals surface area contributed by atoms with E-state index in [4.69, 9.17) is 14.2 Å². The lowest BCUT2D eigenvalue weighted by Gasteiger charge is -2.18. The van der Waals surface area contributed by atoms with E-state index in [1.54, 1.807) is 0 Å². The summed E-state index contributed by atoms with van der Waals surface area (Å²) >= 11 is 0. The quantitative estimate of drug-likeness (QED) is 0.0343. The molecule has 1 atom stereocenters. The minimum absolute atomic E-state index is 0.0606. The topological polar surface area (TPSA) is 78.9 Å². The van der Waals surface area contributed by atoms with Gasteiger partial charge < -0.3 is 14.2 Å². The summed E-state index contributed by atoms with van der Waals surface area (Å²) in [4.78, 5) is 38.4. The van der Waals surface area contributed by atoms with Gasteiger partial charge in [0.15, 0.2) is 6.10 Å². The minimum atomic E-state index is -0.764. The number of hydrogen-bond acceptors (Lipinski definition) is 6. The second-order valence-corrected chi connectivity index (χ2v) is 24.6. The van der Waals surface area contributed by atoms with Crippen LogP contribution in [-0.2, 0) is 28.6 Å². The van der Waals surface area contributed by atoms with Crippen LogP contribution >= 0.6 is 0 Å². The van der Waals surface area contributed by atoms with Gasteiger partial charge in [0.1, 0.15) is 13.2 Å². The number of rotatable bonds is 65. The van der Waals surface area contributed by atoms with E-state index in [0.717, 1.165) is 63.7 Å². The molecule has 0 rings (SSSR count). The zero-order valence-corrected chi connectivity index (χ0v) is 52.2. The molecule has 0 aliphatic carbocycles. The molecule has 0 amide bonds. The van der Waals surface area contributed by atoms with Gasteiger partial charge in [-0.15, -0.1) is 0 Å². The Hall–Kier alpha value is -1.59. The summed E-state index contributed by atoms with van der Waals surface area (Å²) in [5, 5.41) is 0. The third kappa shape index (κ3) is 63.2. The van der Waals surface area contributed by atoms with Crippen molar-refractivity contribution in [1.82, 2.24) is 0 Å². The van der Waals surface area contributed by atoms with Gasteiger partial charge in [0.05, 0.1) is 0 Å². The number of ether oxygens (including phenoxy) is 3. The highest BCUT2D eigenvalue weighted by atomic mass is 16.6. The maximum Gasteiger partial charge on any atom is 0.306 e. The van der Waals surface area contributed by atoms with Gasteiger partial charge >= 0.3 is 17.9 Å². The first-order valence-electron chi connectivity index (χ1n) is 34.9. The van der Waals surface area contributed by atoms with E-state index < -0.39 is 6.10 Å². The molecular weight excluding hydrogens is 937 g/mol. The highest BCUT2D eigenvalue weighted by Crippen LogP contribution is 2.19. The van der Waals surface area contributed by atoms with Crippen LogP contribution in [0.5, 0.6) is 0 Å². The fraction of sp³-hybridized carbons (Fsp3) is 0.957. The number of unbranched alkanes of at least 4 members (excludes halogenated alkanes) is 52. The number of hydrogen-bond donors (Lipinski definition) is 0. The zero-order chi connectivity index (χ0) is 55.1. The van der Waals surface area contributed by atoms with Crippen LogP contribution in [0.1, 0.15) is 407 Å². The van der Waals surface area contributed by atoms with Crippen molar-refractivity contribution < 1.29 is 28.6 Å². The van der Waals surface area contributed by atoms with Crippen molar-refractivity contribution in [3.05, 3.63) is 0 Å². The van der Waals surface area contributed by atoms with Gasteiger partial charge in [0, 0.05) is 19.3 Å². The van der Waals surface area contributed by atoms with Crippen LogP contribution in [0.3, 0.4) is 0 Å². The van der Waals surface area contributed by atoms with Gasteiger partial charge in [-0.3, -0.25) is 14.4 Å². The van der Waals surface area contributed by atoms with Crippen molar-refractivity contribution in [2.45, 2.75) is 413 Å². The fourth-order valence-electron chi connectivity index (χ4n) is 11.0. The summed E-state index contributed by atoms with van der Waals surface area (Å²) in [5.41, 5.74) is 0. The summed E-state index contributed by atoms with van der Waals surface area (Å²) in [7, 11) is 0. The average Bonchev–Trinajstić information content (AvgIpc) is 3.41. The van der Waals surface area contributed by atoms with Crippen molar-refractivity contribution in [1.29, 1.82) is 0 Å². The highest BCUT2D eigenvalue weighted by molar-refractivity contribution is 5.71. The lowest BCUT2D eigenvalue weighted by atomic mass is 10.0. The Morgan fingerprint density at radius 2 is 0.434 bits per heavy atom. The van der Waals surface area contributed by atoms with Gasteiger partial charge in [-0.1, -0.05) is 368 Å². The van der Waals surface area contributed by atoms with Crippen LogP contribution in [-0.4, -0.2) is 37.2 Å². The summed E-state index contributed by atoms with van der Waals surface area (Å²) < 4.78 is 17.0. The third-order valence-corrected chi connectivity index (χ3v) is 16.3. The molecule has 6 heteroatoms. The second kappa shape index (κ2) is 64.2. The Morgan fingerprint density at radius 3 is 0.645 bits per heavy atom. The normalized spacial score (nSPS) is 12.0. The summed E-state index contributed by atoms with van der Waals surface area (Å²) in [6.07, 6.45) is 74.0. The Labute approximate surface area is 476 Å². The number of esters is 3. The zero-order valence-electron chi connectivity index (χ0n) is 52.2. The Morgan fingerprint density at radius 1 is 0.250 bits per heavy atom. The van der Waals surface area contributed by atoms with Gasteiger partial charge in [-0.2, -0.15) is 0 Å². The molecule has 0 saturated heterocycles. The molecule has 0 aromatic rings. The van der Waals surface area contributed by atoms with Crippen LogP contribution in [0.4, 0.5) is 0 Å². The minimum Gasteiger partial charge on any atom is -0.462 e. The molecule has 0 aliphatic heterocycles. The maximum atomic E-state index is 12.9. The van der Waals surface area contributed by atoms with Crippen LogP contribution in [0.15, 0.2) is 0 Å². The predicted octanol–water partition coefficient (Wildman–Crippen LogP) is 23.7. The Bertz CT molecular complexity index is 1150. The van der Waals surface area contributed by atoms with E-state index in [2.05, 4.69) is 27.7 Å². The van der Waals surface area contributed by atoms with Crippen LogP contribution in [0.2, 0.25) is 0 Å². The smallest absolute Gasteiger partial charge is 0.306 e. The highest BCUT2D eigenvalue weighted by Gasteiger charge is 2.19. The molecule has 0 aromatic heterocycles. The fourth-order valence-corrected chi connectivity index (χ4v) is 11.0.